The number of carbonyl (C=O) groups excluding carboxylic acids is 2. The second-order valence-electron chi connectivity index (χ2n) is 9.91. The summed E-state index contributed by atoms with van der Waals surface area (Å²) in [5.74, 6) is -0.196. The van der Waals surface area contributed by atoms with Crippen LogP contribution in [0.1, 0.15) is 51.0 Å². The number of benzene rings is 2. The van der Waals surface area contributed by atoms with Gasteiger partial charge in [-0.1, -0.05) is 49.8 Å². The molecule has 1 aliphatic heterocycles. The van der Waals surface area contributed by atoms with Gasteiger partial charge in [0.05, 0.1) is 11.4 Å². The maximum Gasteiger partial charge on any atom is 0.296 e. The van der Waals surface area contributed by atoms with Crippen LogP contribution in [0.15, 0.2) is 40.8 Å². The molecule has 2 N–H and O–H groups in total. The molecule has 1 aliphatic carbocycles. The van der Waals surface area contributed by atoms with Crippen molar-refractivity contribution < 1.29 is 18.4 Å². The van der Waals surface area contributed by atoms with Crippen LogP contribution in [0.2, 0.25) is 5.02 Å². The highest BCUT2D eigenvalue weighted by molar-refractivity contribution is 6.34. The third-order valence-electron chi connectivity index (χ3n) is 7.10. The molecular formula is C27H30ClFN4O3. The van der Waals surface area contributed by atoms with E-state index < -0.39 is 6.04 Å². The van der Waals surface area contributed by atoms with E-state index in [0.717, 1.165) is 12.8 Å². The number of rotatable bonds is 8. The van der Waals surface area contributed by atoms with Crippen LogP contribution in [0, 0.1) is 11.7 Å². The molecule has 0 spiro atoms. The van der Waals surface area contributed by atoms with E-state index in [2.05, 4.69) is 15.6 Å². The van der Waals surface area contributed by atoms with E-state index in [-0.39, 0.29) is 36.1 Å². The number of amides is 2. The molecule has 3 aromatic rings. The molecule has 190 valence electrons. The molecule has 0 radical (unpaired) electrons. The van der Waals surface area contributed by atoms with Gasteiger partial charge in [0.2, 0.25) is 11.8 Å². The predicted molar refractivity (Wildman–Crippen MR) is 138 cm³/mol. The fraction of sp³-hybridized carbons (Fsp3) is 0.444. The van der Waals surface area contributed by atoms with E-state index in [1.54, 1.807) is 23.1 Å². The van der Waals surface area contributed by atoms with Crippen molar-refractivity contribution in [2.24, 2.45) is 5.92 Å². The van der Waals surface area contributed by atoms with Crippen LogP contribution in [0.5, 0.6) is 0 Å². The van der Waals surface area contributed by atoms with Gasteiger partial charge in [-0.15, -0.1) is 0 Å². The largest absolute Gasteiger partial charge is 0.422 e. The Morgan fingerprint density at radius 2 is 2.06 bits per heavy atom. The van der Waals surface area contributed by atoms with Gasteiger partial charge in [0.15, 0.2) is 5.58 Å². The van der Waals surface area contributed by atoms with Crippen molar-refractivity contribution in [3.63, 3.8) is 0 Å². The molecular weight excluding hydrogens is 483 g/mol. The minimum atomic E-state index is -0.543. The number of hydrogen-bond acceptors (Lipinski definition) is 5. The highest BCUT2D eigenvalue weighted by atomic mass is 35.5. The number of hydrogen-bond donors (Lipinski definition) is 2. The van der Waals surface area contributed by atoms with Crippen molar-refractivity contribution in [2.75, 3.05) is 16.8 Å². The molecule has 5 rings (SSSR count). The van der Waals surface area contributed by atoms with E-state index in [0.29, 0.717) is 46.3 Å². The van der Waals surface area contributed by atoms with Gasteiger partial charge in [-0.3, -0.25) is 9.59 Å². The third kappa shape index (κ3) is 5.33. The molecule has 2 heterocycles. The summed E-state index contributed by atoms with van der Waals surface area (Å²) in [6.07, 6.45) is 6.59. The number of nitrogens with one attached hydrogen (secondary N) is 2. The van der Waals surface area contributed by atoms with Gasteiger partial charge in [0.1, 0.15) is 17.4 Å². The Bertz CT molecular complexity index is 1270. The zero-order valence-corrected chi connectivity index (χ0v) is 21.0. The topological polar surface area (TPSA) is 87.5 Å². The van der Waals surface area contributed by atoms with Crippen LogP contribution in [-0.2, 0) is 16.0 Å². The minimum absolute atomic E-state index is 0.100. The Morgan fingerprint density at radius 3 is 2.83 bits per heavy atom. The lowest BCUT2D eigenvalue weighted by Gasteiger charge is -2.28. The number of para-hydroxylation sites is 1. The van der Waals surface area contributed by atoms with E-state index in [1.165, 1.54) is 31.4 Å². The monoisotopic (exact) mass is 512 g/mol. The summed E-state index contributed by atoms with van der Waals surface area (Å²) < 4.78 is 19.4. The zero-order valence-electron chi connectivity index (χ0n) is 20.2. The maximum atomic E-state index is 13.6. The quantitative estimate of drug-likeness (QED) is 0.418. The second kappa shape index (κ2) is 10.5. The van der Waals surface area contributed by atoms with Crippen LogP contribution < -0.4 is 15.5 Å². The molecule has 2 aromatic carbocycles. The number of carbonyl (C=O) groups is 2. The first-order valence-corrected chi connectivity index (χ1v) is 13.0. The fourth-order valence-electron chi connectivity index (χ4n) is 5.33. The summed E-state index contributed by atoms with van der Waals surface area (Å²) in [7, 11) is 0. The summed E-state index contributed by atoms with van der Waals surface area (Å²) in [5, 5.41) is 6.72. The number of halogens is 2. The fourth-order valence-corrected chi connectivity index (χ4v) is 5.54. The normalized spacial score (nSPS) is 17.8. The number of oxazole rings is 1. The third-order valence-corrected chi connectivity index (χ3v) is 7.39. The molecule has 1 aromatic heterocycles. The van der Waals surface area contributed by atoms with Crippen LogP contribution in [0.4, 0.5) is 16.1 Å². The Labute approximate surface area is 214 Å². The lowest BCUT2D eigenvalue weighted by atomic mass is 9.84. The van der Waals surface area contributed by atoms with Crippen LogP contribution in [0.25, 0.3) is 11.1 Å². The first kappa shape index (κ1) is 24.6. The van der Waals surface area contributed by atoms with Crippen molar-refractivity contribution in [3.8, 4) is 0 Å². The Hall–Kier alpha value is -3.13. The summed E-state index contributed by atoms with van der Waals surface area (Å²) in [6, 6.07) is 9.12. The van der Waals surface area contributed by atoms with Crippen molar-refractivity contribution in [1.82, 2.24) is 10.3 Å². The molecule has 0 unspecified atom stereocenters. The number of fused-ring (bicyclic) bond motifs is 2. The lowest BCUT2D eigenvalue weighted by molar-refractivity contribution is -0.123. The first-order chi connectivity index (χ1) is 17.4. The summed E-state index contributed by atoms with van der Waals surface area (Å²) >= 11 is 6.24. The van der Waals surface area contributed by atoms with Crippen molar-refractivity contribution in [2.45, 2.75) is 64.0 Å². The Morgan fingerprint density at radius 1 is 1.25 bits per heavy atom. The predicted octanol–water partition coefficient (Wildman–Crippen LogP) is 5.47. The van der Waals surface area contributed by atoms with Crippen LogP contribution in [-0.4, -0.2) is 35.4 Å². The van der Waals surface area contributed by atoms with E-state index in [9.17, 15) is 14.0 Å². The van der Waals surface area contributed by atoms with E-state index in [1.807, 2.05) is 13.0 Å². The van der Waals surface area contributed by atoms with E-state index in [4.69, 9.17) is 16.0 Å². The number of aromatic nitrogens is 1. The summed E-state index contributed by atoms with van der Waals surface area (Å²) in [5.41, 5.74) is 2.47. The molecule has 2 aliphatic rings. The van der Waals surface area contributed by atoms with Gasteiger partial charge in [0.25, 0.3) is 6.01 Å². The molecule has 9 heteroatoms. The number of nitrogens with zero attached hydrogens (tertiary/aromatic N) is 2. The van der Waals surface area contributed by atoms with Gasteiger partial charge < -0.3 is 20.0 Å². The van der Waals surface area contributed by atoms with Crippen LogP contribution in [0.3, 0.4) is 0 Å². The van der Waals surface area contributed by atoms with Gasteiger partial charge in [-0.2, -0.15) is 4.98 Å². The summed E-state index contributed by atoms with van der Waals surface area (Å²) in [6.45, 7) is 2.17. The standard InChI is InChI=1S/C27H30ClFN4O3/c1-16(15-33-23-11-10-19(29)13-18(23)14-24(33)34)30-26(35)22(12-17-6-3-2-4-7-17)32-27-31-21-9-5-8-20(28)25(21)36-27/h5,8-11,13,16-17,22H,2-4,6-7,12,14-15H2,1H3,(H,30,35)(H,31,32)/t16-,22-/m0/s1. The highest BCUT2D eigenvalue weighted by Crippen LogP contribution is 2.31. The van der Waals surface area contributed by atoms with Gasteiger partial charge in [0, 0.05) is 18.3 Å². The molecule has 7 nitrogen and oxygen atoms in total. The minimum Gasteiger partial charge on any atom is -0.422 e. The van der Waals surface area contributed by atoms with Crippen molar-refractivity contribution in [1.29, 1.82) is 0 Å². The molecule has 0 bridgehead atoms. The summed E-state index contributed by atoms with van der Waals surface area (Å²) in [4.78, 5) is 32.1. The first-order valence-electron chi connectivity index (χ1n) is 12.6. The van der Waals surface area contributed by atoms with Gasteiger partial charge in [-0.25, -0.2) is 4.39 Å². The van der Waals surface area contributed by atoms with Gasteiger partial charge >= 0.3 is 0 Å². The zero-order chi connectivity index (χ0) is 25.2. The molecule has 1 fully saturated rings. The smallest absolute Gasteiger partial charge is 0.296 e. The SMILES string of the molecule is C[C@@H](CN1C(=O)Cc2cc(F)ccc21)NC(=O)[C@H](CC1CCCCC1)Nc1nc2cccc(Cl)c2o1. The maximum absolute atomic E-state index is 13.6. The Balaban J connectivity index is 1.29. The van der Waals surface area contributed by atoms with E-state index >= 15 is 0 Å². The molecule has 36 heavy (non-hydrogen) atoms. The second-order valence-corrected chi connectivity index (χ2v) is 10.3. The Kier molecular flexibility index (Phi) is 7.14. The number of anilines is 2. The molecule has 2 atom stereocenters. The molecule has 0 saturated heterocycles. The lowest BCUT2D eigenvalue weighted by Crippen LogP contribution is -2.49. The van der Waals surface area contributed by atoms with Gasteiger partial charge in [-0.05, 0) is 55.2 Å². The average Bonchev–Trinajstić information content (AvgIpc) is 3.40. The van der Waals surface area contributed by atoms with Crippen LogP contribution >= 0.6 is 11.6 Å². The molecule has 2 amide bonds. The average molecular weight is 513 g/mol. The highest BCUT2D eigenvalue weighted by Gasteiger charge is 2.31. The molecule has 1 saturated carbocycles. The van der Waals surface area contributed by atoms with Crippen molar-refractivity contribution in [3.05, 3.63) is 52.8 Å². The van der Waals surface area contributed by atoms with Crippen molar-refractivity contribution >= 4 is 46.2 Å².